The van der Waals surface area contributed by atoms with Crippen LogP contribution in [0.25, 0.3) is 10.9 Å². The maximum atomic E-state index is 12.3. The average molecular weight is 316 g/mol. The molecule has 122 valence electrons. The van der Waals surface area contributed by atoms with Gasteiger partial charge in [0, 0.05) is 23.5 Å². The van der Waals surface area contributed by atoms with Crippen molar-refractivity contribution in [3.63, 3.8) is 0 Å². The fourth-order valence-corrected chi connectivity index (χ4v) is 2.16. The van der Waals surface area contributed by atoms with Crippen molar-refractivity contribution in [3.8, 4) is 0 Å². The van der Waals surface area contributed by atoms with Gasteiger partial charge in [-0.05, 0) is 26.8 Å². The molecule has 2 rings (SSSR count). The zero-order chi connectivity index (χ0) is 17.0. The number of H-pyrrole nitrogens is 1. The largest absolute Gasteiger partial charge is 0.460 e. The van der Waals surface area contributed by atoms with Crippen LogP contribution in [0.2, 0.25) is 0 Å². The minimum Gasteiger partial charge on any atom is -0.460 e. The number of amides is 1. The number of fused-ring (bicyclic) bond motifs is 1. The van der Waals surface area contributed by atoms with Gasteiger partial charge in [-0.2, -0.15) is 0 Å². The van der Waals surface area contributed by atoms with E-state index in [-0.39, 0.29) is 30.1 Å². The SMILES string of the molecule is CC(C)(C)OC(=O)CCNC(=O)c1cc(=O)[nH]c2ccccc12. The van der Waals surface area contributed by atoms with Crippen molar-refractivity contribution in [2.75, 3.05) is 6.54 Å². The third-order valence-corrected chi connectivity index (χ3v) is 3.03. The smallest absolute Gasteiger partial charge is 0.308 e. The summed E-state index contributed by atoms with van der Waals surface area (Å²) >= 11 is 0. The summed E-state index contributed by atoms with van der Waals surface area (Å²) in [5, 5.41) is 3.30. The van der Waals surface area contributed by atoms with Crippen LogP contribution >= 0.6 is 0 Å². The number of carbonyl (C=O) groups is 2. The number of nitrogens with one attached hydrogen (secondary N) is 2. The second-order valence-electron chi connectivity index (χ2n) is 6.19. The Kier molecular flexibility index (Phi) is 4.83. The minimum absolute atomic E-state index is 0.0735. The minimum atomic E-state index is -0.552. The van der Waals surface area contributed by atoms with E-state index in [4.69, 9.17) is 4.74 Å². The number of rotatable bonds is 4. The molecular weight excluding hydrogens is 296 g/mol. The Bertz CT molecular complexity index is 787. The topological polar surface area (TPSA) is 88.3 Å². The highest BCUT2D eigenvalue weighted by molar-refractivity contribution is 6.05. The lowest BCUT2D eigenvalue weighted by Crippen LogP contribution is -2.30. The number of pyridine rings is 1. The van der Waals surface area contributed by atoms with Crippen molar-refractivity contribution in [1.29, 1.82) is 0 Å². The standard InChI is InChI=1S/C17H20N2O4/c1-17(2,3)23-15(21)8-9-18-16(22)12-10-14(20)19-13-7-5-4-6-11(12)13/h4-7,10H,8-9H2,1-3H3,(H,18,22)(H,19,20). The van der Waals surface area contributed by atoms with Crippen LogP contribution in [0, 0.1) is 0 Å². The first kappa shape index (κ1) is 16.7. The highest BCUT2D eigenvalue weighted by Crippen LogP contribution is 2.14. The molecule has 0 atom stereocenters. The van der Waals surface area contributed by atoms with E-state index in [1.54, 1.807) is 45.0 Å². The number of ether oxygens (including phenoxy) is 1. The Morgan fingerprint density at radius 3 is 2.61 bits per heavy atom. The predicted molar refractivity (Wildman–Crippen MR) is 87.4 cm³/mol. The molecule has 0 aliphatic rings. The van der Waals surface area contributed by atoms with Gasteiger partial charge in [0.15, 0.2) is 0 Å². The van der Waals surface area contributed by atoms with Gasteiger partial charge in [0.05, 0.1) is 12.0 Å². The van der Waals surface area contributed by atoms with Crippen molar-refractivity contribution in [3.05, 3.63) is 46.2 Å². The van der Waals surface area contributed by atoms with E-state index in [0.717, 1.165) is 0 Å². The van der Waals surface area contributed by atoms with Crippen molar-refractivity contribution in [1.82, 2.24) is 10.3 Å². The fraction of sp³-hybridized carbons (Fsp3) is 0.353. The molecule has 2 N–H and O–H groups in total. The molecule has 0 aliphatic carbocycles. The highest BCUT2D eigenvalue weighted by Gasteiger charge is 2.17. The van der Waals surface area contributed by atoms with Gasteiger partial charge >= 0.3 is 5.97 Å². The van der Waals surface area contributed by atoms with Crippen LogP contribution in [0.4, 0.5) is 0 Å². The summed E-state index contributed by atoms with van der Waals surface area (Å²) in [5.41, 5.74) is -0.0175. The van der Waals surface area contributed by atoms with E-state index in [2.05, 4.69) is 10.3 Å². The zero-order valence-corrected chi connectivity index (χ0v) is 13.4. The molecule has 1 aromatic heterocycles. The van der Waals surface area contributed by atoms with Crippen LogP contribution in [-0.4, -0.2) is 29.0 Å². The first-order valence-corrected chi connectivity index (χ1v) is 7.38. The summed E-state index contributed by atoms with van der Waals surface area (Å²) in [5.74, 6) is -0.774. The summed E-state index contributed by atoms with van der Waals surface area (Å²) in [6.45, 7) is 5.50. The van der Waals surface area contributed by atoms with Crippen molar-refractivity contribution >= 4 is 22.8 Å². The molecule has 0 radical (unpaired) electrons. The zero-order valence-electron chi connectivity index (χ0n) is 13.4. The van der Waals surface area contributed by atoms with Crippen LogP contribution < -0.4 is 10.9 Å². The maximum absolute atomic E-state index is 12.3. The average Bonchev–Trinajstić information content (AvgIpc) is 2.44. The third kappa shape index (κ3) is 4.67. The number of aromatic amines is 1. The lowest BCUT2D eigenvalue weighted by atomic mass is 10.1. The fourth-order valence-electron chi connectivity index (χ4n) is 2.16. The van der Waals surface area contributed by atoms with Gasteiger partial charge in [0.1, 0.15) is 5.60 Å². The summed E-state index contributed by atoms with van der Waals surface area (Å²) < 4.78 is 5.17. The van der Waals surface area contributed by atoms with Crippen molar-refractivity contribution in [2.24, 2.45) is 0 Å². The number of benzene rings is 1. The van der Waals surface area contributed by atoms with Gasteiger partial charge in [0.25, 0.3) is 5.91 Å². The molecule has 1 aromatic carbocycles. The molecule has 0 saturated carbocycles. The monoisotopic (exact) mass is 316 g/mol. The van der Waals surface area contributed by atoms with Crippen LogP contribution in [-0.2, 0) is 9.53 Å². The number of para-hydroxylation sites is 1. The van der Waals surface area contributed by atoms with Crippen LogP contribution in [0.3, 0.4) is 0 Å². The van der Waals surface area contributed by atoms with E-state index in [0.29, 0.717) is 10.9 Å². The van der Waals surface area contributed by atoms with E-state index in [9.17, 15) is 14.4 Å². The number of hydrogen-bond donors (Lipinski definition) is 2. The second kappa shape index (κ2) is 6.64. The Morgan fingerprint density at radius 1 is 1.22 bits per heavy atom. The molecule has 6 nitrogen and oxygen atoms in total. The van der Waals surface area contributed by atoms with Gasteiger partial charge in [-0.1, -0.05) is 18.2 Å². The van der Waals surface area contributed by atoms with E-state index in [1.165, 1.54) is 6.07 Å². The van der Waals surface area contributed by atoms with Crippen LogP contribution in [0.15, 0.2) is 35.1 Å². The Labute approximate surface area is 133 Å². The second-order valence-corrected chi connectivity index (χ2v) is 6.19. The predicted octanol–water partition coefficient (Wildman–Crippen LogP) is 1.99. The summed E-state index contributed by atoms with van der Waals surface area (Å²) in [4.78, 5) is 38.2. The maximum Gasteiger partial charge on any atom is 0.308 e. The van der Waals surface area contributed by atoms with Crippen molar-refractivity contribution < 1.29 is 14.3 Å². The molecule has 0 spiro atoms. The molecule has 1 heterocycles. The van der Waals surface area contributed by atoms with Gasteiger partial charge in [-0.25, -0.2) is 0 Å². The van der Waals surface area contributed by atoms with Crippen LogP contribution in [0.5, 0.6) is 0 Å². The van der Waals surface area contributed by atoms with Gasteiger partial charge in [0.2, 0.25) is 5.56 Å². The lowest BCUT2D eigenvalue weighted by molar-refractivity contribution is -0.154. The summed E-state index contributed by atoms with van der Waals surface area (Å²) in [6.07, 6.45) is 0.0735. The molecule has 0 saturated heterocycles. The molecule has 6 heteroatoms. The first-order chi connectivity index (χ1) is 10.8. The van der Waals surface area contributed by atoms with Gasteiger partial charge in [-0.3, -0.25) is 14.4 Å². The first-order valence-electron chi connectivity index (χ1n) is 7.38. The summed E-state index contributed by atoms with van der Waals surface area (Å²) in [6, 6.07) is 8.31. The molecular formula is C17H20N2O4. The highest BCUT2D eigenvalue weighted by atomic mass is 16.6. The van der Waals surface area contributed by atoms with Gasteiger partial charge < -0.3 is 15.0 Å². The number of esters is 1. The van der Waals surface area contributed by atoms with Gasteiger partial charge in [-0.15, -0.1) is 0 Å². The van der Waals surface area contributed by atoms with Crippen LogP contribution in [0.1, 0.15) is 37.6 Å². The molecule has 0 bridgehead atoms. The normalized spacial score (nSPS) is 11.3. The molecule has 0 unspecified atom stereocenters. The lowest BCUT2D eigenvalue weighted by Gasteiger charge is -2.19. The van der Waals surface area contributed by atoms with Crippen molar-refractivity contribution in [2.45, 2.75) is 32.8 Å². The molecule has 0 aliphatic heterocycles. The Balaban J connectivity index is 2.05. The number of carbonyl (C=O) groups excluding carboxylic acids is 2. The number of aromatic nitrogens is 1. The van der Waals surface area contributed by atoms with E-state index in [1.807, 2.05) is 0 Å². The Morgan fingerprint density at radius 2 is 1.91 bits per heavy atom. The summed E-state index contributed by atoms with van der Waals surface area (Å²) in [7, 11) is 0. The van der Waals surface area contributed by atoms with E-state index >= 15 is 0 Å². The van der Waals surface area contributed by atoms with E-state index < -0.39 is 11.5 Å². The molecule has 2 aromatic rings. The Hall–Kier alpha value is -2.63. The third-order valence-electron chi connectivity index (χ3n) is 3.03. The number of hydrogen-bond acceptors (Lipinski definition) is 4. The quantitative estimate of drug-likeness (QED) is 0.844. The molecule has 23 heavy (non-hydrogen) atoms. The molecule has 0 fully saturated rings. The molecule has 1 amide bonds.